The van der Waals surface area contributed by atoms with Crippen molar-refractivity contribution in [3.05, 3.63) is 16.0 Å². The van der Waals surface area contributed by atoms with E-state index in [2.05, 4.69) is 4.74 Å². The van der Waals surface area contributed by atoms with Crippen molar-refractivity contribution in [2.75, 3.05) is 12.4 Å². The van der Waals surface area contributed by atoms with Gasteiger partial charge in [0.15, 0.2) is 0 Å². The Balaban J connectivity index is 2.52. The summed E-state index contributed by atoms with van der Waals surface area (Å²) in [6.07, 6.45) is -6.82. The lowest BCUT2D eigenvalue weighted by Crippen LogP contribution is -2.71. The molecule has 0 saturated carbocycles. The molecule has 0 spiro atoms. The van der Waals surface area contributed by atoms with Gasteiger partial charge in [0, 0.05) is 4.88 Å². The minimum atomic E-state index is -8.12. The zero-order chi connectivity index (χ0) is 28.3. The van der Waals surface area contributed by atoms with Gasteiger partial charge in [0.1, 0.15) is 5.00 Å². The van der Waals surface area contributed by atoms with Crippen LogP contribution in [0.5, 0.6) is 0 Å². The number of hydrogen-bond acceptors (Lipinski definition) is 4. The van der Waals surface area contributed by atoms with Crippen LogP contribution in [-0.2, 0) is 22.4 Å². The Morgan fingerprint density at radius 3 is 1.83 bits per heavy atom. The van der Waals surface area contributed by atoms with Crippen molar-refractivity contribution in [2.24, 2.45) is 5.92 Å². The molecule has 1 aromatic rings. The highest BCUT2D eigenvalue weighted by Gasteiger charge is 2.91. The summed E-state index contributed by atoms with van der Waals surface area (Å²) in [6, 6.07) is 0. The molecule has 206 valence electrons. The van der Waals surface area contributed by atoms with Crippen molar-refractivity contribution in [3.63, 3.8) is 0 Å². The molecule has 18 heteroatoms. The molecule has 0 radical (unpaired) electrons. The molecular weight excluding hydrogens is 557 g/mol. The average molecular weight is 571 g/mol. The monoisotopic (exact) mass is 571 g/mol. The molecule has 4 nitrogen and oxygen atoms in total. The minimum absolute atomic E-state index is 0.0350. The van der Waals surface area contributed by atoms with Crippen molar-refractivity contribution in [2.45, 2.75) is 62.0 Å². The fourth-order valence-corrected chi connectivity index (χ4v) is 4.64. The van der Waals surface area contributed by atoms with E-state index in [9.17, 15) is 66.7 Å². The highest BCUT2D eigenvalue weighted by Crippen LogP contribution is 2.60. The van der Waals surface area contributed by atoms with E-state index in [1.165, 1.54) is 0 Å². The van der Waals surface area contributed by atoms with E-state index in [-0.39, 0.29) is 29.2 Å². The van der Waals surface area contributed by atoms with Crippen molar-refractivity contribution in [1.29, 1.82) is 0 Å². The first-order valence-electron chi connectivity index (χ1n) is 9.49. The molecule has 1 N–H and O–H groups in total. The van der Waals surface area contributed by atoms with Crippen LogP contribution in [0.1, 0.15) is 34.1 Å². The number of thiophene rings is 1. The zero-order valence-corrected chi connectivity index (χ0v) is 18.6. The van der Waals surface area contributed by atoms with Gasteiger partial charge in [-0.15, -0.1) is 11.3 Å². The summed E-state index contributed by atoms with van der Waals surface area (Å²) in [5.41, 5.74) is -0.491. The lowest BCUT2D eigenvalue weighted by atomic mass is 9.88. The number of anilines is 1. The molecule has 0 saturated heterocycles. The number of hydrogen-bond donors (Lipinski definition) is 1. The number of alkyl halides is 13. The Bertz CT molecular complexity index is 1030. The first-order valence-corrected chi connectivity index (χ1v) is 10.3. The van der Waals surface area contributed by atoms with Gasteiger partial charge in [0.05, 0.1) is 12.7 Å². The maximum absolute atomic E-state index is 14.1. The van der Waals surface area contributed by atoms with Crippen LogP contribution >= 0.6 is 11.3 Å². The smallest absolute Gasteiger partial charge is 0.460 e. The number of nitrogens with one attached hydrogen (secondary N) is 1. The number of rotatable bonds is 7. The number of carbonyl (C=O) groups excluding carboxylic acids is 2. The van der Waals surface area contributed by atoms with Gasteiger partial charge in [0.2, 0.25) is 0 Å². The Morgan fingerprint density at radius 1 is 0.861 bits per heavy atom. The molecule has 1 amide bonds. The maximum Gasteiger partial charge on any atom is 0.460 e. The van der Waals surface area contributed by atoms with Crippen LogP contribution in [0.2, 0.25) is 0 Å². The van der Waals surface area contributed by atoms with Gasteiger partial charge in [-0.05, 0) is 30.7 Å². The van der Waals surface area contributed by atoms with E-state index >= 15 is 0 Å². The summed E-state index contributed by atoms with van der Waals surface area (Å²) in [7, 11) is 0.801. The summed E-state index contributed by atoms with van der Waals surface area (Å²) in [4.78, 5) is 24.2. The van der Waals surface area contributed by atoms with Gasteiger partial charge >= 0.3 is 47.7 Å². The van der Waals surface area contributed by atoms with Gasteiger partial charge in [-0.3, -0.25) is 4.79 Å². The Morgan fingerprint density at radius 2 is 1.36 bits per heavy atom. The molecule has 1 aromatic heterocycles. The van der Waals surface area contributed by atoms with Gasteiger partial charge in [0.25, 0.3) is 0 Å². The van der Waals surface area contributed by atoms with E-state index in [1.54, 1.807) is 6.92 Å². The van der Waals surface area contributed by atoms with Gasteiger partial charge in [-0.2, -0.15) is 57.1 Å². The predicted molar refractivity (Wildman–Crippen MR) is 96.3 cm³/mol. The van der Waals surface area contributed by atoms with Crippen LogP contribution < -0.4 is 5.32 Å². The number of halogens is 13. The third kappa shape index (κ3) is 4.27. The SMILES string of the molecule is COC(=O)c1c(NC(=O)C(F)(F)C(F)(F)C(F)(F)C(F)(F)C(F)(F)C(F)(F)F)sc2c1CCC(C)C2. The van der Waals surface area contributed by atoms with E-state index < -0.39 is 58.2 Å². The normalized spacial score (nSPS) is 18.0. The van der Waals surface area contributed by atoms with E-state index in [1.807, 2.05) is 0 Å². The Hall–Kier alpha value is -2.27. The van der Waals surface area contributed by atoms with Crippen LogP contribution in [-0.4, -0.2) is 54.8 Å². The van der Waals surface area contributed by atoms with Crippen LogP contribution in [0.25, 0.3) is 0 Å². The first kappa shape index (κ1) is 30.0. The standard InChI is InChI=1S/C18H14F13NO3S/c1-6-3-4-7-8(5-6)36-10(9(7)11(33)35-2)32-12(34)13(19,20)14(21,22)15(23,24)16(25,26)17(27,28)18(29,30)31/h6H,3-5H2,1-2H3,(H,32,34). The van der Waals surface area contributed by atoms with Crippen molar-refractivity contribution >= 4 is 28.2 Å². The molecule has 0 aromatic carbocycles. The van der Waals surface area contributed by atoms with Crippen molar-refractivity contribution in [1.82, 2.24) is 0 Å². The number of ether oxygens (including phenoxy) is 1. The molecule has 1 unspecified atom stereocenters. The molecule has 0 fully saturated rings. The number of fused-ring (bicyclic) bond motifs is 1. The summed E-state index contributed by atoms with van der Waals surface area (Å²) in [5.74, 6) is -43.7. The quantitative estimate of drug-likeness (QED) is 0.307. The second-order valence-corrected chi connectivity index (χ2v) is 8.98. The van der Waals surface area contributed by atoms with E-state index in [0.29, 0.717) is 17.8 Å². The third-order valence-corrected chi connectivity index (χ3v) is 6.52. The molecule has 1 aliphatic carbocycles. The van der Waals surface area contributed by atoms with Gasteiger partial charge < -0.3 is 10.1 Å². The summed E-state index contributed by atoms with van der Waals surface area (Å²) >= 11 is 0.370. The Labute approximate surface area is 196 Å². The highest BCUT2D eigenvalue weighted by molar-refractivity contribution is 7.17. The van der Waals surface area contributed by atoms with Crippen LogP contribution in [0, 0.1) is 5.92 Å². The van der Waals surface area contributed by atoms with E-state index in [4.69, 9.17) is 0 Å². The highest BCUT2D eigenvalue weighted by atomic mass is 32.1. The Kier molecular flexibility index (Phi) is 7.43. The molecule has 0 aliphatic heterocycles. The molecule has 0 bridgehead atoms. The minimum Gasteiger partial charge on any atom is -0.465 e. The largest absolute Gasteiger partial charge is 0.465 e. The third-order valence-electron chi connectivity index (χ3n) is 5.35. The molecular formula is C18H14F13NO3S. The number of carbonyl (C=O) groups is 2. The molecule has 1 aliphatic rings. The lowest BCUT2D eigenvalue weighted by Gasteiger charge is -2.39. The summed E-state index contributed by atoms with van der Waals surface area (Å²) in [6.45, 7) is 1.73. The zero-order valence-electron chi connectivity index (χ0n) is 17.7. The fraction of sp³-hybridized carbons (Fsp3) is 0.667. The van der Waals surface area contributed by atoms with Crippen LogP contribution in [0.15, 0.2) is 0 Å². The predicted octanol–water partition coefficient (Wildman–Crippen LogP) is 6.34. The molecule has 1 atom stereocenters. The first-order chi connectivity index (χ1) is 16.0. The summed E-state index contributed by atoms with van der Waals surface area (Å²) < 4.78 is 177. The van der Waals surface area contributed by atoms with E-state index in [0.717, 1.165) is 12.4 Å². The van der Waals surface area contributed by atoms with Gasteiger partial charge in [-0.1, -0.05) is 6.92 Å². The maximum atomic E-state index is 14.1. The average Bonchev–Trinajstić information content (AvgIpc) is 3.08. The second-order valence-electron chi connectivity index (χ2n) is 7.87. The number of amides is 1. The number of esters is 1. The lowest BCUT2D eigenvalue weighted by molar-refractivity contribution is -0.435. The van der Waals surface area contributed by atoms with Crippen LogP contribution in [0.4, 0.5) is 62.1 Å². The van der Waals surface area contributed by atoms with Crippen molar-refractivity contribution < 1.29 is 71.4 Å². The second kappa shape index (κ2) is 8.93. The van der Waals surface area contributed by atoms with Crippen molar-refractivity contribution in [3.8, 4) is 0 Å². The molecule has 1 heterocycles. The van der Waals surface area contributed by atoms with Crippen LogP contribution in [0.3, 0.4) is 0 Å². The topological polar surface area (TPSA) is 55.4 Å². The molecule has 2 rings (SSSR count). The van der Waals surface area contributed by atoms with Gasteiger partial charge in [-0.25, -0.2) is 4.79 Å². The summed E-state index contributed by atoms with van der Waals surface area (Å²) in [5, 5.41) is 0.0643. The fourth-order valence-electron chi connectivity index (χ4n) is 3.25. The number of methoxy groups -OCH3 is 1. The molecule has 36 heavy (non-hydrogen) atoms.